The quantitative estimate of drug-likeness (QED) is 0.478. The van der Waals surface area contributed by atoms with Gasteiger partial charge in [-0.1, -0.05) is 18.2 Å². The first-order valence-electron chi connectivity index (χ1n) is 10.7. The number of thiazole rings is 1. The minimum Gasteiger partial charge on any atom is -0.368 e. The molecule has 0 saturated carbocycles. The van der Waals surface area contributed by atoms with E-state index in [0.717, 1.165) is 60.0 Å². The van der Waals surface area contributed by atoms with Gasteiger partial charge in [-0.2, -0.15) is 0 Å². The molecule has 3 aromatic heterocycles. The zero-order valence-corrected chi connectivity index (χ0v) is 18.4. The Labute approximate surface area is 185 Å². The summed E-state index contributed by atoms with van der Waals surface area (Å²) in [6.07, 6.45) is 4.29. The number of piperazine rings is 1. The molecule has 0 bridgehead atoms. The molecule has 5 rings (SSSR count). The maximum atomic E-state index is 12.9. The highest BCUT2D eigenvalue weighted by atomic mass is 32.1. The molecule has 1 aromatic carbocycles. The standard InChI is InChI=1S/C24H25N5OS/c1-2-27-16-21(20-9-6-10-25-23(20)27)24-26-18(17-31-24)15-22(30)29-13-11-28(12-14-29)19-7-4-3-5-8-19/h3-10,16-17H,2,11-15H2,1H3. The molecule has 1 fully saturated rings. The number of nitrogens with zero attached hydrogens (tertiary/aromatic N) is 5. The summed E-state index contributed by atoms with van der Waals surface area (Å²) in [5.41, 5.74) is 4.13. The Morgan fingerprint density at radius 1 is 1.06 bits per heavy atom. The van der Waals surface area contributed by atoms with E-state index in [2.05, 4.69) is 57.9 Å². The van der Waals surface area contributed by atoms with Crippen molar-refractivity contribution in [3.8, 4) is 10.6 Å². The summed E-state index contributed by atoms with van der Waals surface area (Å²) < 4.78 is 2.14. The van der Waals surface area contributed by atoms with E-state index in [-0.39, 0.29) is 5.91 Å². The van der Waals surface area contributed by atoms with Gasteiger partial charge in [0.2, 0.25) is 5.91 Å². The predicted octanol–water partition coefficient (Wildman–Crippen LogP) is 4.07. The lowest BCUT2D eigenvalue weighted by molar-refractivity contribution is -0.130. The zero-order chi connectivity index (χ0) is 21.2. The predicted molar refractivity (Wildman–Crippen MR) is 125 cm³/mol. The topological polar surface area (TPSA) is 54.3 Å². The molecule has 1 amide bonds. The van der Waals surface area contributed by atoms with Crippen molar-refractivity contribution >= 4 is 34.0 Å². The van der Waals surface area contributed by atoms with Gasteiger partial charge < -0.3 is 14.4 Å². The van der Waals surface area contributed by atoms with Gasteiger partial charge in [0.05, 0.1) is 12.1 Å². The molecule has 0 atom stereocenters. The van der Waals surface area contributed by atoms with E-state index in [9.17, 15) is 4.79 Å². The number of benzene rings is 1. The molecule has 31 heavy (non-hydrogen) atoms. The summed E-state index contributed by atoms with van der Waals surface area (Å²) in [7, 11) is 0. The lowest BCUT2D eigenvalue weighted by atomic mass is 10.2. The van der Waals surface area contributed by atoms with Gasteiger partial charge in [-0.3, -0.25) is 4.79 Å². The van der Waals surface area contributed by atoms with E-state index >= 15 is 0 Å². The summed E-state index contributed by atoms with van der Waals surface area (Å²) in [6, 6.07) is 14.4. The third kappa shape index (κ3) is 3.93. The Balaban J connectivity index is 1.26. The molecular formula is C24H25N5OS. The Kier molecular flexibility index (Phi) is 5.42. The van der Waals surface area contributed by atoms with Crippen LogP contribution in [0.3, 0.4) is 0 Å². The van der Waals surface area contributed by atoms with Crippen LogP contribution in [0.5, 0.6) is 0 Å². The number of hydrogen-bond donors (Lipinski definition) is 0. The largest absolute Gasteiger partial charge is 0.368 e. The fourth-order valence-corrected chi connectivity index (χ4v) is 5.01. The Bertz CT molecular complexity index is 1190. The van der Waals surface area contributed by atoms with Crippen LogP contribution >= 0.6 is 11.3 Å². The van der Waals surface area contributed by atoms with Crippen LogP contribution < -0.4 is 4.90 Å². The monoisotopic (exact) mass is 431 g/mol. The van der Waals surface area contributed by atoms with Crippen LogP contribution in [0.1, 0.15) is 12.6 Å². The fraction of sp³-hybridized carbons (Fsp3) is 0.292. The van der Waals surface area contributed by atoms with Gasteiger partial charge in [0, 0.05) is 67.1 Å². The third-order valence-corrected chi connectivity index (χ3v) is 6.77. The highest BCUT2D eigenvalue weighted by Gasteiger charge is 2.22. The van der Waals surface area contributed by atoms with Gasteiger partial charge in [-0.05, 0) is 31.2 Å². The highest BCUT2D eigenvalue weighted by molar-refractivity contribution is 7.13. The molecule has 0 spiro atoms. The maximum Gasteiger partial charge on any atom is 0.228 e. The Morgan fingerprint density at radius 2 is 1.87 bits per heavy atom. The summed E-state index contributed by atoms with van der Waals surface area (Å²) in [4.78, 5) is 26.5. The molecule has 7 heteroatoms. The molecule has 0 aliphatic carbocycles. The number of hydrogen-bond acceptors (Lipinski definition) is 5. The lowest BCUT2D eigenvalue weighted by Crippen LogP contribution is -2.49. The van der Waals surface area contributed by atoms with Crippen LogP contribution in [0.25, 0.3) is 21.6 Å². The first kappa shape index (κ1) is 19.8. The number of aromatic nitrogens is 3. The van der Waals surface area contributed by atoms with Crippen molar-refractivity contribution in [2.45, 2.75) is 19.9 Å². The summed E-state index contributed by atoms with van der Waals surface area (Å²) >= 11 is 1.60. The van der Waals surface area contributed by atoms with Crippen molar-refractivity contribution in [2.24, 2.45) is 0 Å². The van der Waals surface area contributed by atoms with E-state index < -0.39 is 0 Å². The number of carbonyl (C=O) groups is 1. The number of rotatable bonds is 5. The lowest BCUT2D eigenvalue weighted by Gasteiger charge is -2.36. The summed E-state index contributed by atoms with van der Waals surface area (Å²) in [6.45, 7) is 6.20. The minimum absolute atomic E-state index is 0.155. The second-order valence-electron chi connectivity index (χ2n) is 7.73. The number of pyridine rings is 1. The van der Waals surface area contributed by atoms with Gasteiger partial charge in [-0.15, -0.1) is 11.3 Å². The molecular weight excluding hydrogens is 406 g/mol. The first-order valence-corrected chi connectivity index (χ1v) is 11.6. The molecule has 0 N–H and O–H groups in total. The number of amides is 1. The van der Waals surface area contributed by atoms with Crippen LogP contribution in [-0.4, -0.2) is 51.5 Å². The highest BCUT2D eigenvalue weighted by Crippen LogP contribution is 2.32. The molecule has 0 radical (unpaired) electrons. The first-order chi connectivity index (χ1) is 15.2. The van der Waals surface area contributed by atoms with Crippen LogP contribution in [0, 0.1) is 0 Å². The Hall–Kier alpha value is -3.19. The molecule has 1 aliphatic rings. The third-order valence-electron chi connectivity index (χ3n) is 5.84. The van der Waals surface area contributed by atoms with E-state index in [1.807, 2.05) is 28.6 Å². The maximum absolute atomic E-state index is 12.9. The number of carbonyl (C=O) groups excluding carboxylic acids is 1. The minimum atomic E-state index is 0.155. The molecule has 158 valence electrons. The van der Waals surface area contributed by atoms with Gasteiger partial charge in [0.25, 0.3) is 0 Å². The average Bonchev–Trinajstić information content (AvgIpc) is 3.44. The van der Waals surface area contributed by atoms with Gasteiger partial charge in [0.15, 0.2) is 0 Å². The second kappa shape index (κ2) is 8.51. The number of para-hydroxylation sites is 1. The van der Waals surface area contributed by atoms with Crippen LogP contribution in [0.2, 0.25) is 0 Å². The van der Waals surface area contributed by atoms with Crippen LogP contribution in [0.4, 0.5) is 5.69 Å². The molecule has 1 aliphatic heterocycles. The van der Waals surface area contributed by atoms with Crippen LogP contribution in [0.15, 0.2) is 60.2 Å². The molecule has 4 heterocycles. The fourth-order valence-electron chi connectivity index (χ4n) is 4.17. The molecule has 6 nitrogen and oxygen atoms in total. The molecule has 4 aromatic rings. The van der Waals surface area contributed by atoms with E-state index in [1.165, 1.54) is 5.69 Å². The van der Waals surface area contributed by atoms with Crippen molar-refractivity contribution in [3.05, 3.63) is 65.9 Å². The van der Waals surface area contributed by atoms with Gasteiger partial charge in [0.1, 0.15) is 10.7 Å². The number of fused-ring (bicyclic) bond motifs is 1. The molecule has 1 saturated heterocycles. The van der Waals surface area contributed by atoms with Crippen molar-refractivity contribution in [1.29, 1.82) is 0 Å². The van der Waals surface area contributed by atoms with E-state index in [0.29, 0.717) is 6.42 Å². The van der Waals surface area contributed by atoms with Crippen LogP contribution in [-0.2, 0) is 17.8 Å². The van der Waals surface area contributed by atoms with Crippen molar-refractivity contribution < 1.29 is 4.79 Å². The van der Waals surface area contributed by atoms with Crippen molar-refractivity contribution in [2.75, 3.05) is 31.1 Å². The normalized spacial score (nSPS) is 14.4. The summed E-state index contributed by atoms with van der Waals surface area (Å²) in [5, 5.41) is 4.06. The Morgan fingerprint density at radius 3 is 2.65 bits per heavy atom. The van der Waals surface area contributed by atoms with Crippen molar-refractivity contribution in [1.82, 2.24) is 19.4 Å². The van der Waals surface area contributed by atoms with E-state index in [4.69, 9.17) is 4.98 Å². The smallest absolute Gasteiger partial charge is 0.228 e. The SMILES string of the molecule is CCn1cc(-c2nc(CC(=O)N3CCN(c4ccccc4)CC3)cs2)c2cccnc21. The molecule has 0 unspecified atom stereocenters. The zero-order valence-electron chi connectivity index (χ0n) is 17.6. The van der Waals surface area contributed by atoms with E-state index in [1.54, 1.807) is 11.3 Å². The average molecular weight is 432 g/mol. The van der Waals surface area contributed by atoms with Crippen molar-refractivity contribution in [3.63, 3.8) is 0 Å². The second-order valence-corrected chi connectivity index (χ2v) is 8.59. The number of anilines is 1. The van der Waals surface area contributed by atoms with Gasteiger partial charge >= 0.3 is 0 Å². The summed E-state index contributed by atoms with van der Waals surface area (Å²) in [5.74, 6) is 0.155. The number of aryl methyl sites for hydroxylation is 1. The van der Waals surface area contributed by atoms with Gasteiger partial charge in [-0.25, -0.2) is 9.97 Å².